The van der Waals surface area contributed by atoms with Gasteiger partial charge in [-0.1, -0.05) is 54.1 Å². The Kier molecular flexibility index (Phi) is 5.29. The molecule has 0 saturated heterocycles. The van der Waals surface area contributed by atoms with Crippen molar-refractivity contribution < 1.29 is 4.79 Å². The Labute approximate surface area is 152 Å². The molecule has 0 saturated carbocycles. The van der Waals surface area contributed by atoms with Gasteiger partial charge >= 0.3 is 0 Å². The van der Waals surface area contributed by atoms with Crippen molar-refractivity contribution in [2.24, 2.45) is 0 Å². The zero-order valence-corrected chi connectivity index (χ0v) is 15.6. The second-order valence-corrected chi connectivity index (χ2v) is 7.19. The van der Waals surface area contributed by atoms with Gasteiger partial charge in [-0.15, -0.1) is 11.3 Å². The van der Waals surface area contributed by atoms with Gasteiger partial charge in [0.2, 0.25) is 5.91 Å². The minimum Gasteiger partial charge on any atom is -0.349 e. The van der Waals surface area contributed by atoms with Crippen molar-refractivity contribution in [3.8, 4) is 10.6 Å². The number of nitrogens with zero attached hydrogens (tertiary/aromatic N) is 1. The van der Waals surface area contributed by atoms with Crippen molar-refractivity contribution in [3.63, 3.8) is 0 Å². The van der Waals surface area contributed by atoms with Crippen molar-refractivity contribution in [2.45, 2.75) is 33.2 Å². The fraction of sp³-hybridized carbons (Fsp3) is 0.238. The molecule has 1 N–H and O–H groups in total. The highest BCUT2D eigenvalue weighted by Crippen LogP contribution is 2.24. The molecule has 3 rings (SSSR count). The summed E-state index contributed by atoms with van der Waals surface area (Å²) in [5.74, 6) is -0.00156. The summed E-state index contributed by atoms with van der Waals surface area (Å²) in [6, 6.07) is 16.4. The number of nitrogens with one attached hydrogen (secondary N) is 1. The van der Waals surface area contributed by atoms with Crippen LogP contribution in [0.2, 0.25) is 0 Å². The summed E-state index contributed by atoms with van der Waals surface area (Å²) >= 11 is 1.57. The average molecular weight is 350 g/mol. The fourth-order valence-corrected chi connectivity index (χ4v) is 3.69. The summed E-state index contributed by atoms with van der Waals surface area (Å²) in [6.07, 6.45) is 0.304. The molecule has 0 spiro atoms. The van der Waals surface area contributed by atoms with Crippen LogP contribution in [0.15, 0.2) is 53.9 Å². The number of thiazole rings is 1. The molecule has 0 radical (unpaired) electrons. The Morgan fingerprint density at radius 2 is 1.92 bits per heavy atom. The molecule has 1 atom stereocenters. The lowest BCUT2D eigenvalue weighted by Gasteiger charge is -2.17. The predicted octanol–water partition coefficient (Wildman–Crippen LogP) is 4.85. The first kappa shape index (κ1) is 17.4. The average Bonchev–Trinajstić information content (AvgIpc) is 3.06. The molecule has 25 heavy (non-hydrogen) atoms. The summed E-state index contributed by atoms with van der Waals surface area (Å²) in [4.78, 5) is 17.0. The largest absolute Gasteiger partial charge is 0.349 e. The van der Waals surface area contributed by atoms with Crippen LogP contribution in [-0.4, -0.2) is 10.9 Å². The van der Waals surface area contributed by atoms with Crippen molar-refractivity contribution in [2.75, 3.05) is 0 Å². The van der Waals surface area contributed by atoms with E-state index >= 15 is 0 Å². The number of carbonyl (C=O) groups excluding carboxylic acids is 1. The van der Waals surface area contributed by atoms with Crippen LogP contribution < -0.4 is 5.32 Å². The lowest BCUT2D eigenvalue weighted by Crippen LogP contribution is -2.28. The topological polar surface area (TPSA) is 42.0 Å². The lowest BCUT2D eigenvalue weighted by atomic mass is 10.00. The maximum atomic E-state index is 12.4. The molecule has 1 aromatic heterocycles. The molecule has 1 unspecified atom stereocenters. The van der Waals surface area contributed by atoms with Gasteiger partial charge in [-0.25, -0.2) is 4.98 Å². The first-order valence-electron chi connectivity index (χ1n) is 8.39. The Morgan fingerprint density at radius 3 is 2.68 bits per heavy atom. The molecule has 0 bridgehead atoms. The number of benzene rings is 2. The zero-order chi connectivity index (χ0) is 17.8. The van der Waals surface area contributed by atoms with E-state index in [-0.39, 0.29) is 11.9 Å². The number of aryl methyl sites for hydroxylation is 2. The Balaban J connectivity index is 1.65. The van der Waals surface area contributed by atoms with E-state index in [1.807, 2.05) is 42.6 Å². The van der Waals surface area contributed by atoms with Crippen LogP contribution in [0, 0.1) is 13.8 Å². The normalized spacial score (nSPS) is 12.0. The highest BCUT2D eigenvalue weighted by atomic mass is 32.1. The van der Waals surface area contributed by atoms with Crippen LogP contribution in [0.5, 0.6) is 0 Å². The molecule has 3 aromatic rings. The van der Waals surface area contributed by atoms with Crippen molar-refractivity contribution in [3.05, 3.63) is 76.3 Å². The van der Waals surface area contributed by atoms with Gasteiger partial charge < -0.3 is 5.32 Å². The zero-order valence-electron chi connectivity index (χ0n) is 14.7. The van der Waals surface area contributed by atoms with E-state index < -0.39 is 0 Å². The van der Waals surface area contributed by atoms with E-state index in [1.165, 1.54) is 11.1 Å². The molecule has 1 heterocycles. The predicted molar refractivity (Wildman–Crippen MR) is 104 cm³/mol. The highest BCUT2D eigenvalue weighted by Gasteiger charge is 2.14. The molecular formula is C21H22N2OS. The molecule has 0 fully saturated rings. The van der Waals surface area contributed by atoms with Gasteiger partial charge in [-0.3, -0.25) is 4.79 Å². The summed E-state index contributed by atoms with van der Waals surface area (Å²) in [6.45, 7) is 6.16. The first-order valence-corrected chi connectivity index (χ1v) is 9.27. The third kappa shape index (κ3) is 4.34. The van der Waals surface area contributed by atoms with Crippen LogP contribution in [0.1, 0.15) is 35.3 Å². The summed E-state index contributed by atoms with van der Waals surface area (Å²) in [5.41, 5.74) is 5.46. The molecular weight excluding hydrogens is 328 g/mol. The molecule has 2 aromatic carbocycles. The Morgan fingerprint density at radius 1 is 1.16 bits per heavy atom. The molecule has 4 heteroatoms. The Bertz CT molecular complexity index is 871. The molecule has 0 aliphatic rings. The van der Waals surface area contributed by atoms with Gasteiger partial charge in [-0.05, 0) is 31.9 Å². The maximum Gasteiger partial charge on any atom is 0.226 e. The maximum absolute atomic E-state index is 12.4. The van der Waals surface area contributed by atoms with Crippen LogP contribution in [0.4, 0.5) is 0 Å². The van der Waals surface area contributed by atoms with Crippen LogP contribution >= 0.6 is 11.3 Å². The third-order valence-electron chi connectivity index (χ3n) is 4.19. The van der Waals surface area contributed by atoms with Crippen LogP contribution in [-0.2, 0) is 11.2 Å². The van der Waals surface area contributed by atoms with Crippen LogP contribution in [0.25, 0.3) is 10.6 Å². The molecule has 0 aliphatic heterocycles. The minimum absolute atomic E-state index is 0.00156. The highest BCUT2D eigenvalue weighted by molar-refractivity contribution is 7.13. The van der Waals surface area contributed by atoms with Crippen molar-refractivity contribution >= 4 is 17.2 Å². The van der Waals surface area contributed by atoms with E-state index in [4.69, 9.17) is 0 Å². The number of rotatable bonds is 5. The van der Waals surface area contributed by atoms with Gasteiger partial charge in [0.1, 0.15) is 5.01 Å². The number of hydrogen-bond acceptors (Lipinski definition) is 3. The van der Waals surface area contributed by atoms with E-state index in [2.05, 4.69) is 42.3 Å². The van der Waals surface area contributed by atoms with Crippen molar-refractivity contribution in [1.29, 1.82) is 0 Å². The number of aromatic nitrogens is 1. The standard InChI is InChI=1S/C21H22N2OS/c1-14-9-10-15(2)19(11-14)16(3)22-20(24)12-18-13-25-21(23-18)17-7-5-4-6-8-17/h4-11,13,16H,12H2,1-3H3,(H,22,24). The summed E-state index contributed by atoms with van der Waals surface area (Å²) < 4.78 is 0. The molecule has 1 amide bonds. The summed E-state index contributed by atoms with van der Waals surface area (Å²) in [7, 11) is 0. The van der Waals surface area contributed by atoms with Gasteiger partial charge in [0.05, 0.1) is 18.2 Å². The van der Waals surface area contributed by atoms with Gasteiger partial charge in [-0.2, -0.15) is 0 Å². The monoisotopic (exact) mass is 350 g/mol. The second kappa shape index (κ2) is 7.62. The van der Waals surface area contributed by atoms with Gasteiger partial charge in [0.15, 0.2) is 0 Å². The Hall–Kier alpha value is -2.46. The molecule has 128 valence electrons. The van der Waals surface area contributed by atoms with Gasteiger partial charge in [0.25, 0.3) is 0 Å². The van der Waals surface area contributed by atoms with Crippen LogP contribution in [0.3, 0.4) is 0 Å². The quantitative estimate of drug-likeness (QED) is 0.715. The molecule has 0 aliphatic carbocycles. The lowest BCUT2D eigenvalue weighted by molar-refractivity contribution is -0.121. The second-order valence-electron chi connectivity index (χ2n) is 6.34. The third-order valence-corrected chi connectivity index (χ3v) is 5.13. The van der Waals surface area contributed by atoms with Crippen molar-refractivity contribution in [1.82, 2.24) is 10.3 Å². The fourth-order valence-electron chi connectivity index (χ4n) is 2.86. The van der Waals surface area contributed by atoms with E-state index in [0.717, 1.165) is 21.8 Å². The summed E-state index contributed by atoms with van der Waals surface area (Å²) in [5, 5.41) is 6.00. The SMILES string of the molecule is Cc1ccc(C)c(C(C)NC(=O)Cc2csc(-c3ccccc3)n2)c1. The van der Waals surface area contributed by atoms with E-state index in [1.54, 1.807) is 11.3 Å². The smallest absolute Gasteiger partial charge is 0.226 e. The number of amides is 1. The number of carbonyl (C=O) groups is 1. The minimum atomic E-state index is -0.0142. The molecule has 3 nitrogen and oxygen atoms in total. The van der Waals surface area contributed by atoms with Gasteiger partial charge in [0, 0.05) is 10.9 Å². The number of hydrogen-bond donors (Lipinski definition) is 1. The van der Waals surface area contributed by atoms with E-state index in [9.17, 15) is 4.79 Å². The van der Waals surface area contributed by atoms with E-state index in [0.29, 0.717) is 6.42 Å². The first-order chi connectivity index (χ1) is 12.0.